The minimum absolute atomic E-state index is 0.228. The van der Waals surface area contributed by atoms with Crippen LogP contribution in [0.15, 0.2) is 0 Å². The number of carbonyl (C=O) groups is 1. The number of primary amides is 1. The minimum atomic E-state index is -0.801. The van der Waals surface area contributed by atoms with Crippen molar-refractivity contribution < 1.29 is 14.5 Å². The molecule has 1 fully saturated rings. The second-order valence-electron chi connectivity index (χ2n) is 3.15. The molecule has 0 aromatic heterocycles. The topological polar surface area (TPSA) is 95.5 Å². The van der Waals surface area contributed by atoms with Crippen LogP contribution in [0.1, 0.15) is 25.7 Å². The van der Waals surface area contributed by atoms with Gasteiger partial charge in [0.1, 0.15) is 6.10 Å². The Labute approximate surface area is 75.2 Å². The van der Waals surface area contributed by atoms with Crippen molar-refractivity contribution in [2.75, 3.05) is 0 Å². The summed E-state index contributed by atoms with van der Waals surface area (Å²) in [6.07, 6.45) is 0.970. The quantitative estimate of drug-likeness (QED) is 0.508. The lowest BCUT2D eigenvalue weighted by Crippen LogP contribution is -2.32. The summed E-state index contributed by atoms with van der Waals surface area (Å²) in [5.41, 5.74) is 4.82. The number of nitrogens with zero attached hydrogens (tertiary/aromatic N) is 1. The van der Waals surface area contributed by atoms with Gasteiger partial charge in [-0.3, -0.25) is 10.1 Å². The SMILES string of the molecule is NC(=O)OC1CCC([N+](=O)[O-])CC1. The lowest BCUT2D eigenvalue weighted by Gasteiger charge is -2.22. The van der Waals surface area contributed by atoms with Gasteiger partial charge in [-0.15, -0.1) is 0 Å². The van der Waals surface area contributed by atoms with Gasteiger partial charge in [0.25, 0.3) is 0 Å². The maximum absolute atomic E-state index is 10.4. The van der Waals surface area contributed by atoms with Gasteiger partial charge in [-0.1, -0.05) is 0 Å². The van der Waals surface area contributed by atoms with Crippen molar-refractivity contribution in [1.82, 2.24) is 0 Å². The lowest BCUT2D eigenvalue weighted by atomic mass is 9.93. The van der Waals surface area contributed by atoms with Crippen LogP contribution in [0.2, 0.25) is 0 Å². The number of hydrogen-bond acceptors (Lipinski definition) is 4. The first-order chi connectivity index (χ1) is 6.09. The van der Waals surface area contributed by atoms with Gasteiger partial charge >= 0.3 is 6.09 Å². The highest BCUT2D eigenvalue weighted by atomic mass is 16.6. The van der Waals surface area contributed by atoms with Crippen molar-refractivity contribution in [3.05, 3.63) is 10.1 Å². The van der Waals surface area contributed by atoms with E-state index in [1.807, 2.05) is 0 Å². The molecule has 1 aliphatic rings. The summed E-state index contributed by atoms with van der Waals surface area (Å²) in [5, 5.41) is 10.4. The monoisotopic (exact) mass is 188 g/mol. The maximum atomic E-state index is 10.4. The number of nitro groups is 1. The third-order valence-corrected chi connectivity index (χ3v) is 2.22. The second-order valence-corrected chi connectivity index (χ2v) is 3.15. The molecule has 74 valence electrons. The molecule has 0 unspecified atom stereocenters. The number of rotatable bonds is 2. The highest BCUT2D eigenvalue weighted by molar-refractivity contribution is 5.64. The molecule has 0 aromatic carbocycles. The zero-order valence-electron chi connectivity index (χ0n) is 7.14. The van der Waals surface area contributed by atoms with Gasteiger partial charge in [-0.05, 0) is 12.8 Å². The molecule has 0 bridgehead atoms. The zero-order chi connectivity index (χ0) is 9.84. The van der Waals surface area contributed by atoms with E-state index in [9.17, 15) is 14.9 Å². The molecule has 0 saturated heterocycles. The van der Waals surface area contributed by atoms with E-state index < -0.39 is 12.1 Å². The standard InChI is InChI=1S/C7H12N2O4/c8-7(10)13-6-3-1-5(2-4-6)9(11)12/h5-6H,1-4H2,(H2,8,10). The van der Waals surface area contributed by atoms with E-state index in [0.29, 0.717) is 25.7 Å². The summed E-state index contributed by atoms with van der Waals surface area (Å²) >= 11 is 0. The molecule has 0 spiro atoms. The summed E-state index contributed by atoms with van der Waals surface area (Å²) in [7, 11) is 0. The summed E-state index contributed by atoms with van der Waals surface area (Å²) in [4.78, 5) is 20.4. The fraction of sp³-hybridized carbons (Fsp3) is 0.857. The van der Waals surface area contributed by atoms with Crippen molar-refractivity contribution in [2.24, 2.45) is 5.73 Å². The van der Waals surface area contributed by atoms with E-state index in [-0.39, 0.29) is 11.0 Å². The molecule has 13 heavy (non-hydrogen) atoms. The highest BCUT2D eigenvalue weighted by Gasteiger charge is 2.29. The third-order valence-electron chi connectivity index (χ3n) is 2.22. The van der Waals surface area contributed by atoms with Crippen LogP contribution in [0.3, 0.4) is 0 Å². The lowest BCUT2D eigenvalue weighted by molar-refractivity contribution is -0.527. The van der Waals surface area contributed by atoms with Gasteiger partial charge < -0.3 is 10.5 Å². The Hall–Kier alpha value is -1.33. The molecule has 0 radical (unpaired) electrons. The van der Waals surface area contributed by atoms with Gasteiger partial charge in [0.05, 0.1) is 0 Å². The number of carbonyl (C=O) groups excluding carboxylic acids is 1. The highest BCUT2D eigenvalue weighted by Crippen LogP contribution is 2.22. The first-order valence-electron chi connectivity index (χ1n) is 4.19. The van der Waals surface area contributed by atoms with Gasteiger partial charge in [0, 0.05) is 17.8 Å². The van der Waals surface area contributed by atoms with Crippen LogP contribution in [0.25, 0.3) is 0 Å². The largest absolute Gasteiger partial charge is 0.446 e. The Kier molecular flexibility index (Phi) is 3.05. The first-order valence-corrected chi connectivity index (χ1v) is 4.19. The molecule has 0 aromatic rings. The van der Waals surface area contributed by atoms with Crippen LogP contribution in [0, 0.1) is 10.1 Å². The molecule has 0 heterocycles. The summed E-state index contributed by atoms with van der Waals surface area (Å²) in [5.74, 6) is 0. The molecule has 2 N–H and O–H groups in total. The molecular weight excluding hydrogens is 176 g/mol. The normalized spacial score (nSPS) is 28.0. The molecule has 1 amide bonds. The summed E-state index contributed by atoms with van der Waals surface area (Å²) in [6, 6.07) is -0.479. The van der Waals surface area contributed by atoms with E-state index in [4.69, 9.17) is 10.5 Å². The molecule has 1 saturated carbocycles. The minimum Gasteiger partial charge on any atom is -0.446 e. The Morgan fingerprint density at radius 2 is 1.92 bits per heavy atom. The molecule has 6 heteroatoms. The number of ether oxygens (including phenoxy) is 1. The third kappa shape index (κ3) is 2.89. The Balaban J connectivity index is 2.30. The summed E-state index contributed by atoms with van der Waals surface area (Å²) in [6.45, 7) is 0. The number of hydrogen-bond donors (Lipinski definition) is 1. The van der Waals surface area contributed by atoms with Crippen LogP contribution in [0.4, 0.5) is 4.79 Å². The van der Waals surface area contributed by atoms with E-state index in [0.717, 1.165) is 0 Å². The maximum Gasteiger partial charge on any atom is 0.404 e. The van der Waals surface area contributed by atoms with E-state index in [2.05, 4.69) is 0 Å². The Morgan fingerprint density at radius 3 is 2.31 bits per heavy atom. The Bertz CT molecular complexity index is 211. The van der Waals surface area contributed by atoms with E-state index in [1.54, 1.807) is 0 Å². The van der Waals surface area contributed by atoms with Crippen LogP contribution in [0.5, 0.6) is 0 Å². The van der Waals surface area contributed by atoms with Crippen molar-refractivity contribution in [3.8, 4) is 0 Å². The van der Waals surface area contributed by atoms with Crippen molar-refractivity contribution in [1.29, 1.82) is 0 Å². The van der Waals surface area contributed by atoms with Gasteiger partial charge in [0.2, 0.25) is 6.04 Å². The van der Waals surface area contributed by atoms with Crippen LogP contribution >= 0.6 is 0 Å². The molecule has 1 aliphatic carbocycles. The summed E-state index contributed by atoms with van der Waals surface area (Å²) < 4.78 is 4.74. The predicted molar refractivity (Wildman–Crippen MR) is 43.7 cm³/mol. The van der Waals surface area contributed by atoms with Gasteiger partial charge in [-0.2, -0.15) is 0 Å². The molecule has 1 rings (SSSR count). The van der Waals surface area contributed by atoms with Gasteiger partial charge in [-0.25, -0.2) is 4.79 Å². The molecule has 0 aliphatic heterocycles. The first kappa shape index (κ1) is 9.76. The predicted octanol–water partition coefficient (Wildman–Crippen LogP) is 0.670. The zero-order valence-corrected chi connectivity index (χ0v) is 7.14. The fourth-order valence-electron chi connectivity index (χ4n) is 1.54. The van der Waals surface area contributed by atoms with Crippen LogP contribution in [-0.2, 0) is 4.74 Å². The average molecular weight is 188 g/mol. The molecular formula is C7H12N2O4. The smallest absolute Gasteiger partial charge is 0.404 e. The second kappa shape index (κ2) is 4.06. The van der Waals surface area contributed by atoms with Crippen molar-refractivity contribution >= 4 is 6.09 Å². The number of nitrogens with two attached hydrogens (primary N) is 1. The van der Waals surface area contributed by atoms with Gasteiger partial charge in [0.15, 0.2) is 0 Å². The average Bonchev–Trinajstić information content (AvgIpc) is 2.04. The Morgan fingerprint density at radius 1 is 1.38 bits per heavy atom. The van der Waals surface area contributed by atoms with Crippen LogP contribution < -0.4 is 5.73 Å². The van der Waals surface area contributed by atoms with Crippen molar-refractivity contribution in [2.45, 2.75) is 37.8 Å². The number of amides is 1. The van der Waals surface area contributed by atoms with Crippen LogP contribution in [-0.4, -0.2) is 23.2 Å². The molecule has 6 nitrogen and oxygen atoms in total. The molecule has 0 atom stereocenters. The van der Waals surface area contributed by atoms with E-state index >= 15 is 0 Å². The fourth-order valence-corrected chi connectivity index (χ4v) is 1.54. The van der Waals surface area contributed by atoms with Crippen molar-refractivity contribution in [3.63, 3.8) is 0 Å². The van der Waals surface area contributed by atoms with E-state index in [1.165, 1.54) is 0 Å².